The second-order valence-corrected chi connectivity index (χ2v) is 4.97. The number of nitrogens with zero attached hydrogens (tertiary/aromatic N) is 2. The van der Waals surface area contributed by atoms with Gasteiger partial charge >= 0.3 is 0 Å². The number of hydrogen-bond donors (Lipinski definition) is 1. The number of methoxy groups -OCH3 is 2. The summed E-state index contributed by atoms with van der Waals surface area (Å²) in [4.78, 5) is 8.30. The molecule has 110 valence electrons. The van der Waals surface area contributed by atoms with E-state index in [1.807, 2.05) is 42.7 Å². The van der Waals surface area contributed by atoms with Crippen LogP contribution in [0.25, 0.3) is 12.2 Å². The fourth-order valence-electron chi connectivity index (χ4n) is 1.79. The summed E-state index contributed by atoms with van der Waals surface area (Å²) in [5, 5.41) is 0.842. The Morgan fingerprint density at radius 1 is 1.05 bits per heavy atom. The van der Waals surface area contributed by atoms with Crippen LogP contribution in [0, 0.1) is 0 Å². The lowest BCUT2D eigenvalue weighted by atomic mass is 10.1. The molecule has 0 saturated heterocycles. The number of rotatable bonds is 5. The van der Waals surface area contributed by atoms with Crippen LogP contribution in [0.3, 0.4) is 0 Å². The van der Waals surface area contributed by atoms with Crippen LogP contribution >= 0.6 is 11.8 Å². The molecule has 0 aliphatic heterocycles. The van der Waals surface area contributed by atoms with E-state index in [2.05, 4.69) is 9.97 Å². The first-order valence-corrected chi connectivity index (χ1v) is 7.47. The maximum Gasteiger partial charge on any atom is 0.221 e. The summed E-state index contributed by atoms with van der Waals surface area (Å²) < 4.78 is 10.5. The third-order valence-electron chi connectivity index (χ3n) is 2.80. The number of aromatic nitrogens is 2. The van der Waals surface area contributed by atoms with Gasteiger partial charge in [-0.05, 0) is 36.1 Å². The Hall–Kier alpha value is -2.21. The van der Waals surface area contributed by atoms with Gasteiger partial charge in [0.15, 0.2) is 11.5 Å². The number of benzene rings is 1. The molecular formula is C15H17N3O2S. The van der Waals surface area contributed by atoms with E-state index in [1.165, 1.54) is 11.8 Å². The molecule has 1 heterocycles. The average molecular weight is 303 g/mol. The van der Waals surface area contributed by atoms with Crippen molar-refractivity contribution in [3.8, 4) is 11.5 Å². The van der Waals surface area contributed by atoms with Crippen molar-refractivity contribution in [3.63, 3.8) is 0 Å². The van der Waals surface area contributed by atoms with E-state index in [4.69, 9.17) is 15.2 Å². The number of nitrogens with two attached hydrogens (primary N) is 1. The average Bonchev–Trinajstić information content (AvgIpc) is 2.52. The van der Waals surface area contributed by atoms with E-state index < -0.39 is 0 Å². The van der Waals surface area contributed by atoms with Gasteiger partial charge in [0.05, 0.1) is 19.9 Å². The maximum atomic E-state index is 5.68. The van der Waals surface area contributed by atoms with Crippen molar-refractivity contribution in [1.82, 2.24) is 9.97 Å². The quantitative estimate of drug-likeness (QED) is 0.676. The number of ether oxygens (including phenoxy) is 2. The minimum absolute atomic E-state index is 0.272. The molecule has 0 saturated carbocycles. The van der Waals surface area contributed by atoms with Gasteiger partial charge in [-0.25, -0.2) is 9.97 Å². The zero-order chi connectivity index (χ0) is 15.2. The molecule has 6 heteroatoms. The predicted molar refractivity (Wildman–Crippen MR) is 86.7 cm³/mol. The van der Waals surface area contributed by atoms with Crippen molar-refractivity contribution < 1.29 is 9.47 Å². The zero-order valence-corrected chi connectivity index (χ0v) is 13.0. The van der Waals surface area contributed by atoms with Crippen molar-refractivity contribution in [1.29, 1.82) is 0 Å². The summed E-state index contributed by atoms with van der Waals surface area (Å²) >= 11 is 1.53. The first-order chi connectivity index (χ1) is 10.2. The molecule has 2 aromatic rings. The molecule has 0 amide bonds. The standard InChI is InChI=1S/C15H17N3O2S/c1-19-12-7-5-10(8-13(12)20-2)4-6-11-9-14(21-3)18-15(16)17-11/h4-9H,1-3H3,(H2,16,17,18)/b6-4+. The van der Waals surface area contributed by atoms with Crippen LogP contribution in [0.4, 0.5) is 5.95 Å². The Morgan fingerprint density at radius 2 is 1.81 bits per heavy atom. The van der Waals surface area contributed by atoms with Crippen molar-refractivity contribution in [2.24, 2.45) is 0 Å². The lowest BCUT2D eigenvalue weighted by Gasteiger charge is -2.07. The molecule has 5 nitrogen and oxygen atoms in total. The van der Waals surface area contributed by atoms with Crippen LogP contribution in [0.2, 0.25) is 0 Å². The van der Waals surface area contributed by atoms with E-state index in [-0.39, 0.29) is 5.95 Å². The van der Waals surface area contributed by atoms with Gasteiger partial charge in [0.2, 0.25) is 5.95 Å². The van der Waals surface area contributed by atoms with Gasteiger partial charge in [-0.2, -0.15) is 0 Å². The Labute approximate surface area is 128 Å². The highest BCUT2D eigenvalue weighted by molar-refractivity contribution is 7.98. The second-order valence-electron chi connectivity index (χ2n) is 4.14. The van der Waals surface area contributed by atoms with Crippen molar-refractivity contribution in [2.75, 3.05) is 26.2 Å². The van der Waals surface area contributed by atoms with Gasteiger partial charge in [0, 0.05) is 0 Å². The summed E-state index contributed by atoms with van der Waals surface area (Å²) in [5.74, 6) is 1.66. The van der Waals surface area contributed by atoms with Gasteiger partial charge < -0.3 is 15.2 Å². The van der Waals surface area contributed by atoms with E-state index in [0.29, 0.717) is 11.5 Å². The van der Waals surface area contributed by atoms with Gasteiger partial charge in [-0.3, -0.25) is 0 Å². The fraction of sp³-hybridized carbons (Fsp3) is 0.200. The van der Waals surface area contributed by atoms with Crippen LogP contribution in [0.5, 0.6) is 11.5 Å². The second kappa shape index (κ2) is 6.99. The molecular weight excluding hydrogens is 286 g/mol. The van der Waals surface area contributed by atoms with Crippen LogP contribution in [0.1, 0.15) is 11.3 Å². The zero-order valence-electron chi connectivity index (χ0n) is 12.2. The highest BCUT2D eigenvalue weighted by Crippen LogP contribution is 2.28. The number of nitrogen functional groups attached to an aromatic ring is 1. The van der Waals surface area contributed by atoms with E-state index in [9.17, 15) is 0 Å². The minimum atomic E-state index is 0.272. The molecule has 0 aliphatic carbocycles. The van der Waals surface area contributed by atoms with Gasteiger partial charge in [0.1, 0.15) is 5.03 Å². The summed E-state index contributed by atoms with van der Waals surface area (Å²) in [6.45, 7) is 0. The normalized spacial score (nSPS) is 10.8. The van der Waals surface area contributed by atoms with Crippen molar-refractivity contribution >= 4 is 29.9 Å². The lowest BCUT2D eigenvalue weighted by Crippen LogP contribution is -1.97. The molecule has 0 atom stereocenters. The number of hydrogen-bond acceptors (Lipinski definition) is 6. The van der Waals surface area contributed by atoms with E-state index in [0.717, 1.165) is 16.3 Å². The van der Waals surface area contributed by atoms with Crippen molar-refractivity contribution in [3.05, 3.63) is 35.5 Å². The molecule has 0 bridgehead atoms. The fourth-order valence-corrected chi connectivity index (χ4v) is 2.21. The van der Waals surface area contributed by atoms with E-state index >= 15 is 0 Å². The highest BCUT2D eigenvalue weighted by atomic mass is 32.2. The molecule has 21 heavy (non-hydrogen) atoms. The first-order valence-electron chi connectivity index (χ1n) is 6.25. The Kier molecular flexibility index (Phi) is 5.05. The Bertz CT molecular complexity index is 659. The highest BCUT2D eigenvalue weighted by Gasteiger charge is 2.03. The third kappa shape index (κ3) is 3.88. The summed E-state index contributed by atoms with van der Waals surface area (Å²) in [7, 11) is 3.22. The Balaban J connectivity index is 2.27. The topological polar surface area (TPSA) is 70.3 Å². The largest absolute Gasteiger partial charge is 0.493 e. The molecule has 0 unspecified atom stereocenters. The summed E-state index contributed by atoms with van der Waals surface area (Å²) in [6.07, 6.45) is 5.77. The van der Waals surface area contributed by atoms with Gasteiger partial charge in [-0.15, -0.1) is 11.8 Å². The number of thioether (sulfide) groups is 1. The molecule has 1 aromatic carbocycles. The minimum Gasteiger partial charge on any atom is -0.493 e. The molecule has 0 spiro atoms. The van der Waals surface area contributed by atoms with Gasteiger partial charge in [0.25, 0.3) is 0 Å². The molecule has 2 N–H and O–H groups in total. The third-order valence-corrected chi connectivity index (χ3v) is 3.43. The van der Waals surface area contributed by atoms with E-state index in [1.54, 1.807) is 14.2 Å². The van der Waals surface area contributed by atoms with Gasteiger partial charge in [-0.1, -0.05) is 12.1 Å². The lowest BCUT2D eigenvalue weighted by molar-refractivity contribution is 0.355. The van der Waals surface area contributed by atoms with Crippen LogP contribution in [-0.4, -0.2) is 30.4 Å². The SMILES string of the molecule is COc1ccc(/C=C/c2cc(SC)nc(N)n2)cc1OC. The molecule has 0 aliphatic rings. The first kappa shape index (κ1) is 15.2. The van der Waals surface area contributed by atoms with Crippen LogP contribution in [-0.2, 0) is 0 Å². The molecule has 0 fully saturated rings. The van der Waals surface area contributed by atoms with Crippen molar-refractivity contribution in [2.45, 2.75) is 5.03 Å². The van der Waals surface area contributed by atoms with Crippen LogP contribution < -0.4 is 15.2 Å². The molecule has 2 rings (SSSR count). The summed E-state index contributed by atoms with van der Waals surface area (Å²) in [5.41, 5.74) is 7.43. The van der Waals surface area contributed by atoms with Crippen LogP contribution in [0.15, 0.2) is 29.3 Å². The summed E-state index contributed by atoms with van der Waals surface area (Å²) in [6, 6.07) is 7.59. The number of anilines is 1. The molecule has 0 radical (unpaired) electrons. The maximum absolute atomic E-state index is 5.68. The predicted octanol–water partition coefficient (Wildman–Crippen LogP) is 2.97. The monoisotopic (exact) mass is 303 g/mol. The Morgan fingerprint density at radius 3 is 2.48 bits per heavy atom. The molecule has 1 aromatic heterocycles. The smallest absolute Gasteiger partial charge is 0.221 e.